The van der Waals surface area contributed by atoms with Crippen LogP contribution < -0.4 is 4.90 Å². The minimum absolute atomic E-state index is 0.0504. The van der Waals surface area contributed by atoms with Crippen molar-refractivity contribution in [2.24, 2.45) is 0 Å². The van der Waals surface area contributed by atoms with Crippen LogP contribution in [0.25, 0.3) is 0 Å². The zero-order valence-corrected chi connectivity index (χ0v) is 19.4. The Bertz CT molecular complexity index is 1030. The number of β-amino-alcohol motifs (C(OH)–C–C–N with tert-alkyl or cyclic N) is 1. The van der Waals surface area contributed by atoms with Crippen molar-refractivity contribution in [1.82, 2.24) is 9.88 Å². The Balaban J connectivity index is 1.62. The molecule has 1 aliphatic heterocycles. The van der Waals surface area contributed by atoms with Crippen molar-refractivity contribution in [2.45, 2.75) is 18.6 Å². The maximum Gasteiger partial charge on any atom is 0.101 e. The van der Waals surface area contributed by atoms with Crippen molar-refractivity contribution < 1.29 is 5.11 Å². The standard InChI is InChI=1S/C24H24Cl3N3O/c1-24(31,18-3-2-10-28-14-18)16-29-11-12-30(22-9-8-20(26)13-21(22)27)23(15-29)17-4-6-19(25)7-5-17/h2-10,13-14,23,31H,11-12,15-16H2,1H3/t23-,24+/m0/s1. The first-order valence-corrected chi connectivity index (χ1v) is 11.3. The molecule has 0 aliphatic carbocycles. The van der Waals surface area contributed by atoms with Crippen LogP contribution in [0.4, 0.5) is 5.69 Å². The highest BCUT2D eigenvalue weighted by Crippen LogP contribution is 2.37. The van der Waals surface area contributed by atoms with Gasteiger partial charge >= 0.3 is 0 Å². The van der Waals surface area contributed by atoms with Crippen LogP contribution in [0.1, 0.15) is 24.1 Å². The maximum atomic E-state index is 11.1. The molecule has 1 aliphatic rings. The van der Waals surface area contributed by atoms with E-state index in [2.05, 4.69) is 14.8 Å². The highest BCUT2D eigenvalue weighted by atomic mass is 35.5. The van der Waals surface area contributed by atoms with E-state index in [1.807, 2.05) is 55.5 Å². The van der Waals surface area contributed by atoms with E-state index in [0.29, 0.717) is 21.6 Å². The minimum Gasteiger partial charge on any atom is -0.384 e. The minimum atomic E-state index is -1.00. The van der Waals surface area contributed by atoms with Crippen molar-refractivity contribution in [1.29, 1.82) is 0 Å². The largest absolute Gasteiger partial charge is 0.384 e. The number of rotatable bonds is 5. The van der Waals surface area contributed by atoms with Gasteiger partial charge in [-0.15, -0.1) is 0 Å². The van der Waals surface area contributed by atoms with Crippen molar-refractivity contribution in [2.75, 3.05) is 31.1 Å². The molecule has 1 fully saturated rings. The molecule has 1 aromatic heterocycles. The molecule has 4 nitrogen and oxygen atoms in total. The first-order valence-electron chi connectivity index (χ1n) is 10.2. The second-order valence-electron chi connectivity index (χ2n) is 8.11. The van der Waals surface area contributed by atoms with E-state index in [4.69, 9.17) is 34.8 Å². The molecule has 0 saturated carbocycles. The van der Waals surface area contributed by atoms with Gasteiger partial charge in [-0.2, -0.15) is 0 Å². The number of aromatic nitrogens is 1. The SMILES string of the molecule is C[C@@](O)(CN1CCN(c2ccc(Cl)cc2Cl)[C@H](c2ccc(Cl)cc2)C1)c1cccnc1. The van der Waals surface area contributed by atoms with E-state index in [1.165, 1.54) is 0 Å². The lowest BCUT2D eigenvalue weighted by Gasteiger charge is -2.45. The zero-order chi connectivity index (χ0) is 22.0. The van der Waals surface area contributed by atoms with Crippen molar-refractivity contribution >= 4 is 40.5 Å². The van der Waals surface area contributed by atoms with Crippen molar-refractivity contribution in [3.8, 4) is 0 Å². The monoisotopic (exact) mass is 475 g/mol. The van der Waals surface area contributed by atoms with Crippen LogP contribution in [0.5, 0.6) is 0 Å². The molecule has 2 atom stereocenters. The number of hydrogen-bond acceptors (Lipinski definition) is 4. The van der Waals surface area contributed by atoms with E-state index in [-0.39, 0.29) is 6.04 Å². The van der Waals surface area contributed by atoms with Crippen LogP contribution in [-0.4, -0.2) is 41.2 Å². The number of nitrogens with zero attached hydrogens (tertiary/aromatic N) is 3. The van der Waals surface area contributed by atoms with Gasteiger partial charge < -0.3 is 10.0 Å². The van der Waals surface area contributed by atoms with Crippen LogP contribution in [0.2, 0.25) is 15.1 Å². The molecule has 0 radical (unpaired) electrons. The summed E-state index contributed by atoms with van der Waals surface area (Å²) >= 11 is 18.8. The third-order valence-electron chi connectivity index (χ3n) is 5.75. The number of hydrogen-bond donors (Lipinski definition) is 1. The summed E-state index contributed by atoms with van der Waals surface area (Å²) in [5, 5.41) is 13.1. The van der Waals surface area contributed by atoms with E-state index < -0.39 is 5.60 Å². The highest BCUT2D eigenvalue weighted by Gasteiger charge is 2.34. The first-order chi connectivity index (χ1) is 14.8. The summed E-state index contributed by atoms with van der Waals surface area (Å²) in [6, 6.07) is 17.3. The molecule has 0 bridgehead atoms. The summed E-state index contributed by atoms with van der Waals surface area (Å²) in [6.07, 6.45) is 3.44. The molecule has 31 heavy (non-hydrogen) atoms. The Morgan fingerprint density at radius 3 is 2.45 bits per heavy atom. The van der Waals surface area contributed by atoms with Crippen LogP contribution >= 0.6 is 34.8 Å². The fourth-order valence-corrected chi connectivity index (χ4v) is 4.81. The number of benzene rings is 2. The van der Waals surface area contributed by atoms with Crippen LogP contribution in [0.15, 0.2) is 67.0 Å². The molecular formula is C24H24Cl3N3O. The third kappa shape index (κ3) is 5.16. The van der Waals surface area contributed by atoms with Gasteiger partial charge in [-0.1, -0.05) is 53.0 Å². The summed E-state index contributed by atoms with van der Waals surface area (Å²) in [7, 11) is 0. The first kappa shape index (κ1) is 22.4. The van der Waals surface area contributed by atoms with E-state index in [9.17, 15) is 5.11 Å². The Labute approximate surface area is 198 Å². The quantitative estimate of drug-likeness (QED) is 0.504. The Morgan fingerprint density at radius 1 is 1.03 bits per heavy atom. The molecular weight excluding hydrogens is 453 g/mol. The molecule has 0 unspecified atom stereocenters. The molecule has 0 spiro atoms. The summed E-state index contributed by atoms with van der Waals surface area (Å²) in [6.45, 7) is 4.63. The fraction of sp³-hybridized carbons (Fsp3) is 0.292. The number of aliphatic hydroxyl groups is 1. The normalized spacial score (nSPS) is 19.3. The number of halogens is 3. The second kappa shape index (κ2) is 9.35. The van der Waals surface area contributed by atoms with Crippen molar-refractivity contribution in [3.05, 3.63) is 93.2 Å². The average Bonchev–Trinajstić information content (AvgIpc) is 2.75. The molecule has 2 heterocycles. The summed E-state index contributed by atoms with van der Waals surface area (Å²) in [4.78, 5) is 8.75. The second-order valence-corrected chi connectivity index (χ2v) is 9.39. The number of pyridine rings is 1. The van der Waals surface area contributed by atoms with Gasteiger partial charge in [-0.25, -0.2) is 0 Å². The lowest BCUT2D eigenvalue weighted by atomic mass is 9.95. The van der Waals surface area contributed by atoms with Gasteiger partial charge in [0.1, 0.15) is 5.60 Å². The smallest absolute Gasteiger partial charge is 0.101 e. The topological polar surface area (TPSA) is 39.6 Å². The van der Waals surface area contributed by atoms with Crippen LogP contribution in [-0.2, 0) is 5.60 Å². The lowest BCUT2D eigenvalue weighted by Crippen LogP contribution is -2.52. The zero-order valence-electron chi connectivity index (χ0n) is 17.2. The molecule has 2 aromatic carbocycles. The molecule has 1 saturated heterocycles. The molecule has 1 N–H and O–H groups in total. The molecule has 3 aromatic rings. The van der Waals surface area contributed by atoms with E-state index >= 15 is 0 Å². The number of anilines is 1. The van der Waals surface area contributed by atoms with Gasteiger partial charge in [-0.3, -0.25) is 9.88 Å². The molecule has 162 valence electrons. The Morgan fingerprint density at radius 2 is 1.77 bits per heavy atom. The van der Waals surface area contributed by atoms with E-state index in [1.54, 1.807) is 18.5 Å². The maximum absolute atomic E-state index is 11.1. The predicted octanol–water partition coefficient (Wildman–Crippen LogP) is 5.81. The van der Waals surface area contributed by atoms with Crippen molar-refractivity contribution in [3.63, 3.8) is 0 Å². The molecule has 0 amide bonds. The van der Waals surface area contributed by atoms with Gasteiger partial charge in [0.2, 0.25) is 0 Å². The lowest BCUT2D eigenvalue weighted by molar-refractivity contribution is 0.0100. The summed E-state index contributed by atoms with van der Waals surface area (Å²) < 4.78 is 0. The van der Waals surface area contributed by atoms with Gasteiger partial charge in [-0.05, 0) is 48.9 Å². The van der Waals surface area contributed by atoms with Gasteiger partial charge in [0, 0.05) is 54.2 Å². The average molecular weight is 477 g/mol. The van der Waals surface area contributed by atoms with E-state index in [0.717, 1.165) is 36.4 Å². The third-order valence-corrected chi connectivity index (χ3v) is 6.54. The van der Waals surface area contributed by atoms with Crippen LogP contribution in [0, 0.1) is 0 Å². The fourth-order valence-electron chi connectivity index (χ4n) is 4.16. The van der Waals surface area contributed by atoms with Gasteiger partial charge in [0.25, 0.3) is 0 Å². The Hall–Kier alpha value is -1.82. The summed E-state index contributed by atoms with van der Waals surface area (Å²) in [5.41, 5.74) is 1.89. The number of piperazine rings is 1. The van der Waals surface area contributed by atoms with Crippen LogP contribution in [0.3, 0.4) is 0 Å². The van der Waals surface area contributed by atoms with Gasteiger partial charge in [0.05, 0.1) is 16.8 Å². The highest BCUT2D eigenvalue weighted by molar-refractivity contribution is 6.36. The Kier molecular flexibility index (Phi) is 6.75. The predicted molar refractivity (Wildman–Crippen MR) is 128 cm³/mol. The van der Waals surface area contributed by atoms with Gasteiger partial charge in [0.15, 0.2) is 0 Å². The summed E-state index contributed by atoms with van der Waals surface area (Å²) in [5.74, 6) is 0. The molecule has 7 heteroatoms. The molecule has 4 rings (SSSR count).